The molecule has 1 aliphatic heterocycles. The second-order valence-corrected chi connectivity index (χ2v) is 5.61. The first-order valence-electron chi connectivity index (χ1n) is 6.13. The number of carbonyl (C=O) groups is 2. The minimum absolute atomic E-state index is 0.0824. The average Bonchev–Trinajstić information content (AvgIpc) is 2.74. The van der Waals surface area contributed by atoms with E-state index in [0.717, 1.165) is 19.3 Å². The Morgan fingerprint density at radius 3 is 2.61 bits per heavy atom. The van der Waals surface area contributed by atoms with Crippen LogP contribution in [0.1, 0.15) is 19.3 Å². The van der Waals surface area contributed by atoms with Crippen LogP contribution in [0.2, 0.25) is 0 Å². The van der Waals surface area contributed by atoms with Crippen LogP contribution in [0, 0.1) is 0 Å². The predicted molar refractivity (Wildman–Crippen MR) is 67.4 cm³/mol. The zero-order chi connectivity index (χ0) is 13.1. The Hall–Kier alpha value is -0.950. The van der Waals surface area contributed by atoms with E-state index in [4.69, 9.17) is 10.2 Å². The zero-order valence-electron chi connectivity index (χ0n) is 10.1. The molecule has 6 nitrogen and oxygen atoms in total. The Bertz CT molecular complexity index is 335. The third-order valence-corrected chi connectivity index (χ3v) is 4.53. The number of aliphatic hydroxyl groups is 1. The number of thioether (sulfide) groups is 1. The van der Waals surface area contributed by atoms with Gasteiger partial charge < -0.3 is 20.0 Å². The van der Waals surface area contributed by atoms with E-state index >= 15 is 0 Å². The van der Waals surface area contributed by atoms with E-state index in [-0.39, 0.29) is 25.2 Å². The number of rotatable bonds is 4. The minimum Gasteiger partial charge on any atom is -0.480 e. The highest BCUT2D eigenvalue weighted by Crippen LogP contribution is 2.28. The van der Waals surface area contributed by atoms with Gasteiger partial charge in [0, 0.05) is 18.3 Å². The van der Waals surface area contributed by atoms with Gasteiger partial charge in [0.2, 0.25) is 0 Å². The smallest absolute Gasteiger partial charge is 0.327 e. The van der Waals surface area contributed by atoms with Crippen LogP contribution < -0.4 is 0 Å². The van der Waals surface area contributed by atoms with E-state index in [1.165, 1.54) is 16.7 Å². The normalized spacial score (nSPS) is 23.8. The summed E-state index contributed by atoms with van der Waals surface area (Å²) in [6.45, 7) is 0.206. The van der Waals surface area contributed by atoms with Gasteiger partial charge in [-0.3, -0.25) is 0 Å². The summed E-state index contributed by atoms with van der Waals surface area (Å²) in [5.74, 6) is -0.0886. The van der Waals surface area contributed by atoms with Crippen molar-refractivity contribution in [3.05, 3.63) is 0 Å². The average molecular weight is 274 g/mol. The summed E-state index contributed by atoms with van der Waals surface area (Å²) in [7, 11) is 0. The quantitative estimate of drug-likeness (QED) is 0.776. The van der Waals surface area contributed by atoms with Gasteiger partial charge in [-0.25, -0.2) is 9.59 Å². The van der Waals surface area contributed by atoms with E-state index < -0.39 is 12.0 Å². The lowest BCUT2D eigenvalue weighted by Crippen LogP contribution is -2.54. The van der Waals surface area contributed by atoms with Crippen molar-refractivity contribution in [2.75, 3.05) is 24.8 Å². The summed E-state index contributed by atoms with van der Waals surface area (Å²) >= 11 is 1.45. The Balaban J connectivity index is 2.04. The second-order valence-electron chi connectivity index (χ2n) is 4.61. The van der Waals surface area contributed by atoms with Crippen molar-refractivity contribution in [3.63, 3.8) is 0 Å². The Labute approximate surface area is 110 Å². The van der Waals surface area contributed by atoms with Crippen LogP contribution >= 0.6 is 11.8 Å². The van der Waals surface area contributed by atoms with Gasteiger partial charge in [-0.05, 0) is 19.3 Å². The standard InChI is InChI=1S/C11H18N2O4S/c14-5-4-12(8-2-1-3-8)11(17)13-7-18-6-9(13)10(15)16/h8-9,14H,1-7H2,(H,15,16)/t9-/m0/s1. The largest absolute Gasteiger partial charge is 0.480 e. The van der Waals surface area contributed by atoms with Crippen molar-refractivity contribution >= 4 is 23.8 Å². The van der Waals surface area contributed by atoms with Crippen molar-refractivity contribution in [2.45, 2.75) is 31.3 Å². The monoisotopic (exact) mass is 274 g/mol. The number of hydrogen-bond acceptors (Lipinski definition) is 4. The van der Waals surface area contributed by atoms with Crippen LogP contribution in [0.4, 0.5) is 4.79 Å². The SMILES string of the molecule is O=C(O)[C@@H]1CSCN1C(=O)N(CCO)C1CCC1. The Morgan fingerprint density at radius 2 is 2.11 bits per heavy atom. The molecule has 18 heavy (non-hydrogen) atoms. The van der Waals surface area contributed by atoms with Gasteiger partial charge in [0.05, 0.1) is 12.5 Å². The summed E-state index contributed by atoms with van der Waals surface area (Å²) in [4.78, 5) is 26.5. The molecule has 0 aromatic heterocycles. The van der Waals surface area contributed by atoms with Crippen LogP contribution in [-0.4, -0.2) is 68.9 Å². The molecule has 1 heterocycles. The number of carboxylic acids is 1. The zero-order valence-corrected chi connectivity index (χ0v) is 10.9. The molecule has 7 heteroatoms. The molecule has 1 saturated heterocycles. The van der Waals surface area contributed by atoms with Crippen molar-refractivity contribution < 1.29 is 19.8 Å². The van der Waals surface area contributed by atoms with E-state index in [0.29, 0.717) is 11.6 Å². The fourth-order valence-corrected chi connectivity index (χ4v) is 3.38. The third-order valence-electron chi connectivity index (χ3n) is 3.52. The first kappa shape index (κ1) is 13.5. The number of urea groups is 1. The highest BCUT2D eigenvalue weighted by molar-refractivity contribution is 7.99. The number of amides is 2. The first-order valence-corrected chi connectivity index (χ1v) is 7.29. The molecule has 1 saturated carbocycles. The van der Waals surface area contributed by atoms with Gasteiger partial charge in [-0.15, -0.1) is 11.8 Å². The summed E-state index contributed by atoms with van der Waals surface area (Å²) in [6.07, 6.45) is 2.99. The van der Waals surface area contributed by atoms with Gasteiger partial charge >= 0.3 is 12.0 Å². The second kappa shape index (κ2) is 5.79. The van der Waals surface area contributed by atoms with Gasteiger partial charge in [-0.2, -0.15) is 0 Å². The molecule has 1 atom stereocenters. The lowest BCUT2D eigenvalue weighted by molar-refractivity contribution is -0.141. The van der Waals surface area contributed by atoms with Crippen molar-refractivity contribution in [2.24, 2.45) is 0 Å². The maximum Gasteiger partial charge on any atom is 0.327 e. The van der Waals surface area contributed by atoms with Gasteiger partial charge in [0.25, 0.3) is 0 Å². The molecule has 0 radical (unpaired) electrons. The van der Waals surface area contributed by atoms with Gasteiger partial charge in [0.15, 0.2) is 0 Å². The molecule has 0 unspecified atom stereocenters. The van der Waals surface area contributed by atoms with E-state index in [9.17, 15) is 9.59 Å². The van der Waals surface area contributed by atoms with Crippen LogP contribution in [0.3, 0.4) is 0 Å². The summed E-state index contributed by atoms with van der Waals surface area (Å²) in [5.41, 5.74) is 0. The lowest BCUT2D eigenvalue weighted by atomic mass is 9.91. The van der Waals surface area contributed by atoms with Crippen molar-refractivity contribution in [1.82, 2.24) is 9.80 Å². The third kappa shape index (κ3) is 2.56. The fourth-order valence-electron chi connectivity index (χ4n) is 2.24. The lowest BCUT2D eigenvalue weighted by Gasteiger charge is -2.39. The number of hydrogen-bond donors (Lipinski definition) is 2. The number of aliphatic hydroxyl groups excluding tert-OH is 1. The Morgan fingerprint density at radius 1 is 1.39 bits per heavy atom. The molecule has 2 fully saturated rings. The molecular weight excluding hydrogens is 256 g/mol. The van der Waals surface area contributed by atoms with Crippen LogP contribution in [0.25, 0.3) is 0 Å². The number of nitrogens with zero attached hydrogens (tertiary/aromatic N) is 2. The molecule has 2 N–H and O–H groups in total. The summed E-state index contributed by atoms with van der Waals surface area (Å²) < 4.78 is 0. The molecule has 0 aromatic carbocycles. The molecule has 2 aliphatic rings. The molecule has 0 bridgehead atoms. The summed E-state index contributed by atoms with van der Waals surface area (Å²) in [6, 6.07) is -0.806. The van der Waals surface area contributed by atoms with Crippen LogP contribution in [0.15, 0.2) is 0 Å². The molecule has 2 amide bonds. The highest BCUT2D eigenvalue weighted by Gasteiger charge is 2.39. The molecule has 102 valence electrons. The van der Waals surface area contributed by atoms with Crippen LogP contribution in [-0.2, 0) is 4.79 Å². The van der Waals surface area contributed by atoms with E-state index in [1.807, 2.05) is 0 Å². The summed E-state index contributed by atoms with van der Waals surface area (Å²) in [5, 5.41) is 18.1. The van der Waals surface area contributed by atoms with Crippen molar-refractivity contribution in [1.29, 1.82) is 0 Å². The first-order chi connectivity index (χ1) is 8.65. The minimum atomic E-state index is -0.953. The fraction of sp³-hybridized carbons (Fsp3) is 0.818. The molecule has 2 rings (SSSR count). The maximum absolute atomic E-state index is 12.3. The molecule has 1 aliphatic carbocycles. The van der Waals surface area contributed by atoms with Gasteiger partial charge in [0.1, 0.15) is 6.04 Å². The highest BCUT2D eigenvalue weighted by atomic mass is 32.2. The van der Waals surface area contributed by atoms with Crippen molar-refractivity contribution in [3.8, 4) is 0 Å². The topological polar surface area (TPSA) is 81.1 Å². The molecule has 0 spiro atoms. The Kier molecular flexibility index (Phi) is 4.34. The van der Waals surface area contributed by atoms with Gasteiger partial charge in [-0.1, -0.05) is 0 Å². The molecular formula is C11H18N2O4S. The van der Waals surface area contributed by atoms with Crippen LogP contribution in [0.5, 0.6) is 0 Å². The predicted octanol–water partition coefficient (Wildman–Crippen LogP) is 0.413. The number of carboxylic acid groups (broad SMARTS) is 1. The molecule has 0 aromatic rings. The number of aliphatic carboxylic acids is 1. The van der Waals surface area contributed by atoms with E-state index in [1.54, 1.807) is 4.90 Å². The maximum atomic E-state index is 12.3. The number of carbonyl (C=O) groups excluding carboxylic acids is 1. The van der Waals surface area contributed by atoms with E-state index in [2.05, 4.69) is 0 Å².